The van der Waals surface area contributed by atoms with Gasteiger partial charge in [-0.2, -0.15) is 0 Å². The highest BCUT2D eigenvalue weighted by Gasteiger charge is 2.35. The highest BCUT2D eigenvalue weighted by molar-refractivity contribution is 7.91. The van der Waals surface area contributed by atoms with Gasteiger partial charge in [-0.3, -0.25) is 9.59 Å². The minimum atomic E-state index is -3.11. The second kappa shape index (κ2) is 10.5. The van der Waals surface area contributed by atoms with Crippen LogP contribution in [0.25, 0.3) is 0 Å². The Kier molecular flexibility index (Phi) is 8.31. The molecule has 29 heavy (non-hydrogen) atoms. The number of sulfone groups is 1. The van der Waals surface area contributed by atoms with Crippen molar-refractivity contribution in [3.05, 3.63) is 24.3 Å². The lowest BCUT2D eigenvalue weighted by atomic mass is 10.1. The quantitative estimate of drug-likeness (QED) is 0.524. The normalized spacial score (nSPS) is 17.7. The summed E-state index contributed by atoms with van der Waals surface area (Å²) in [6.45, 7) is 4.05. The second-order valence-electron chi connectivity index (χ2n) is 7.43. The van der Waals surface area contributed by atoms with Crippen LogP contribution >= 0.6 is 0 Å². The summed E-state index contributed by atoms with van der Waals surface area (Å²) < 4.78 is 39.1. The maximum Gasteiger partial charge on any atom is 0.309 e. The van der Waals surface area contributed by atoms with Gasteiger partial charge >= 0.3 is 5.97 Å². The molecule has 1 fully saturated rings. The van der Waals surface area contributed by atoms with E-state index in [1.807, 2.05) is 13.8 Å². The number of esters is 1. The molecule has 0 spiro atoms. The molecule has 1 amide bonds. The summed E-state index contributed by atoms with van der Waals surface area (Å²) in [5.41, 5.74) is 0. The minimum Gasteiger partial charge on any atom is -0.497 e. The van der Waals surface area contributed by atoms with E-state index in [0.29, 0.717) is 24.5 Å². The van der Waals surface area contributed by atoms with Crippen molar-refractivity contribution < 1.29 is 32.2 Å². The molecule has 9 heteroatoms. The topological polar surface area (TPSA) is 99.2 Å². The molecule has 1 aliphatic heterocycles. The number of benzene rings is 1. The van der Waals surface area contributed by atoms with Crippen LogP contribution in [0.4, 0.5) is 0 Å². The van der Waals surface area contributed by atoms with E-state index < -0.39 is 22.4 Å². The van der Waals surface area contributed by atoms with E-state index in [9.17, 15) is 18.0 Å². The van der Waals surface area contributed by atoms with Crippen LogP contribution in [0.3, 0.4) is 0 Å². The molecule has 0 saturated carbocycles. The minimum absolute atomic E-state index is 0.00129. The molecule has 1 heterocycles. The number of carbonyl (C=O) groups excluding carboxylic acids is 2. The molecule has 1 aromatic rings. The third-order valence-corrected chi connectivity index (χ3v) is 6.27. The lowest BCUT2D eigenvalue weighted by Gasteiger charge is -2.29. The van der Waals surface area contributed by atoms with Crippen molar-refractivity contribution in [1.82, 2.24) is 4.90 Å². The molecule has 0 bridgehead atoms. The van der Waals surface area contributed by atoms with Gasteiger partial charge in [0.2, 0.25) is 0 Å². The standard InChI is InChI=1S/C20H29NO7S/c1-15(2)12-21(16-9-11-29(24,25)14-16)19(22)13-28-20(23)8-10-27-18-6-4-17(26-3)5-7-18/h4-7,15-16H,8-14H2,1-3H3. The van der Waals surface area contributed by atoms with Gasteiger partial charge in [-0.1, -0.05) is 13.8 Å². The van der Waals surface area contributed by atoms with E-state index in [0.717, 1.165) is 0 Å². The van der Waals surface area contributed by atoms with Crippen molar-refractivity contribution in [3.63, 3.8) is 0 Å². The Balaban J connectivity index is 1.78. The van der Waals surface area contributed by atoms with E-state index in [1.165, 1.54) is 4.90 Å². The number of hydrogen-bond donors (Lipinski definition) is 0. The number of ether oxygens (including phenoxy) is 3. The fourth-order valence-electron chi connectivity index (χ4n) is 3.09. The molecule has 0 aromatic heterocycles. The first kappa shape index (κ1) is 23.0. The largest absolute Gasteiger partial charge is 0.497 e. The molecule has 1 unspecified atom stereocenters. The van der Waals surface area contributed by atoms with E-state index in [-0.39, 0.29) is 42.4 Å². The fourth-order valence-corrected chi connectivity index (χ4v) is 4.82. The summed E-state index contributed by atoms with van der Waals surface area (Å²) in [5.74, 6) is 0.616. The van der Waals surface area contributed by atoms with E-state index in [2.05, 4.69) is 0 Å². The molecule has 0 radical (unpaired) electrons. The van der Waals surface area contributed by atoms with Crippen molar-refractivity contribution in [2.24, 2.45) is 5.92 Å². The summed E-state index contributed by atoms with van der Waals surface area (Å²) in [6.07, 6.45) is 0.422. The van der Waals surface area contributed by atoms with Crippen molar-refractivity contribution in [2.75, 3.05) is 38.4 Å². The second-order valence-corrected chi connectivity index (χ2v) is 9.66. The van der Waals surface area contributed by atoms with Gasteiger partial charge in [0.1, 0.15) is 11.5 Å². The Hall–Kier alpha value is -2.29. The van der Waals surface area contributed by atoms with Crippen LogP contribution in [0.1, 0.15) is 26.7 Å². The predicted octanol–water partition coefficient (Wildman–Crippen LogP) is 1.68. The highest BCUT2D eigenvalue weighted by Crippen LogP contribution is 2.20. The number of amides is 1. The molecule has 0 N–H and O–H groups in total. The molecule has 0 aliphatic carbocycles. The molecule has 2 rings (SSSR count). The van der Waals surface area contributed by atoms with Crippen LogP contribution in [0.15, 0.2) is 24.3 Å². The number of rotatable bonds is 10. The summed E-state index contributed by atoms with van der Waals surface area (Å²) in [5, 5.41) is 0. The first-order chi connectivity index (χ1) is 13.7. The fraction of sp³-hybridized carbons (Fsp3) is 0.600. The molecule has 8 nitrogen and oxygen atoms in total. The average Bonchev–Trinajstić information content (AvgIpc) is 3.04. The lowest BCUT2D eigenvalue weighted by Crippen LogP contribution is -2.45. The third kappa shape index (κ3) is 7.56. The van der Waals surface area contributed by atoms with Crippen LogP contribution in [0.5, 0.6) is 11.5 Å². The highest BCUT2D eigenvalue weighted by atomic mass is 32.2. The average molecular weight is 428 g/mol. The van der Waals surface area contributed by atoms with Gasteiger partial charge in [0.05, 0.1) is 31.6 Å². The van der Waals surface area contributed by atoms with Crippen LogP contribution in [0.2, 0.25) is 0 Å². The molecule has 1 atom stereocenters. The van der Waals surface area contributed by atoms with Gasteiger partial charge in [-0.25, -0.2) is 8.42 Å². The van der Waals surface area contributed by atoms with Crippen molar-refractivity contribution in [1.29, 1.82) is 0 Å². The smallest absolute Gasteiger partial charge is 0.309 e. The zero-order chi connectivity index (χ0) is 21.4. The van der Waals surface area contributed by atoms with Gasteiger partial charge in [-0.15, -0.1) is 0 Å². The Labute approximate surface area is 172 Å². The monoisotopic (exact) mass is 427 g/mol. The number of hydrogen-bond acceptors (Lipinski definition) is 7. The molecule has 1 saturated heterocycles. The molecule has 1 aromatic carbocycles. The van der Waals surface area contributed by atoms with Crippen LogP contribution in [-0.4, -0.2) is 69.6 Å². The summed E-state index contributed by atoms with van der Waals surface area (Å²) in [7, 11) is -1.54. The third-order valence-electron chi connectivity index (χ3n) is 4.52. The van der Waals surface area contributed by atoms with Gasteiger partial charge in [0.25, 0.3) is 5.91 Å². The number of carbonyl (C=O) groups is 2. The summed E-state index contributed by atoms with van der Waals surface area (Å²) in [4.78, 5) is 26.0. The molecule has 162 valence electrons. The van der Waals surface area contributed by atoms with Crippen LogP contribution in [-0.2, 0) is 24.2 Å². The maximum absolute atomic E-state index is 12.5. The Morgan fingerprint density at radius 3 is 2.38 bits per heavy atom. The molecule has 1 aliphatic rings. The summed E-state index contributed by atoms with van der Waals surface area (Å²) >= 11 is 0. The van der Waals surface area contributed by atoms with Crippen molar-refractivity contribution >= 4 is 21.7 Å². The lowest BCUT2D eigenvalue weighted by molar-refractivity contribution is -0.153. The van der Waals surface area contributed by atoms with E-state index in [1.54, 1.807) is 31.4 Å². The maximum atomic E-state index is 12.5. The Bertz CT molecular complexity index is 790. The molecular formula is C20H29NO7S. The number of nitrogens with zero attached hydrogens (tertiary/aromatic N) is 1. The predicted molar refractivity (Wildman–Crippen MR) is 108 cm³/mol. The zero-order valence-electron chi connectivity index (χ0n) is 17.1. The van der Waals surface area contributed by atoms with E-state index >= 15 is 0 Å². The van der Waals surface area contributed by atoms with Crippen molar-refractivity contribution in [3.8, 4) is 11.5 Å². The zero-order valence-corrected chi connectivity index (χ0v) is 17.9. The first-order valence-electron chi connectivity index (χ1n) is 9.62. The Morgan fingerprint density at radius 1 is 1.17 bits per heavy atom. The van der Waals surface area contributed by atoms with Crippen molar-refractivity contribution in [2.45, 2.75) is 32.7 Å². The summed E-state index contributed by atoms with van der Waals surface area (Å²) in [6, 6.07) is 6.60. The van der Waals surface area contributed by atoms with Gasteiger partial charge in [-0.05, 0) is 36.6 Å². The van der Waals surface area contributed by atoms with Gasteiger partial charge in [0.15, 0.2) is 16.4 Å². The Morgan fingerprint density at radius 2 is 1.83 bits per heavy atom. The van der Waals surface area contributed by atoms with Gasteiger partial charge < -0.3 is 19.1 Å². The molecular weight excluding hydrogens is 398 g/mol. The van der Waals surface area contributed by atoms with Crippen LogP contribution < -0.4 is 9.47 Å². The number of methoxy groups -OCH3 is 1. The van der Waals surface area contributed by atoms with Crippen LogP contribution in [0, 0.1) is 5.92 Å². The van der Waals surface area contributed by atoms with E-state index in [4.69, 9.17) is 14.2 Å². The van der Waals surface area contributed by atoms with Gasteiger partial charge in [0, 0.05) is 12.6 Å². The first-order valence-corrected chi connectivity index (χ1v) is 11.4. The SMILES string of the molecule is COc1ccc(OCCC(=O)OCC(=O)N(CC(C)C)C2CCS(=O)(=O)C2)cc1.